The van der Waals surface area contributed by atoms with E-state index in [0.29, 0.717) is 5.69 Å². The van der Waals surface area contributed by atoms with E-state index in [2.05, 4.69) is 5.32 Å². The second-order valence-corrected chi connectivity index (χ2v) is 6.96. The Hall–Kier alpha value is -2.50. The van der Waals surface area contributed by atoms with Gasteiger partial charge in [0.1, 0.15) is 5.82 Å². The van der Waals surface area contributed by atoms with Gasteiger partial charge in [-0.05, 0) is 36.4 Å². The summed E-state index contributed by atoms with van der Waals surface area (Å²) in [5, 5.41) is 11.3. The molecule has 2 aromatic rings. The summed E-state index contributed by atoms with van der Waals surface area (Å²) in [4.78, 5) is 25.2. The number of amides is 1. The number of benzene rings is 2. The minimum Gasteiger partial charge on any atom is -0.455 e. The minimum absolute atomic E-state index is 0.0213. The molecule has 0 atom stereocenters. The Labute approximate surface area is 158 Å². The molecule has 26 heavy (non-hydrogen) atoms. The summed E-state index contributed by atoms with van der Waals surface area (Å²) >= 11 is 2.50. The number of carbonyl (C=O) groups excluding carboxylic acids is 2. The van der Waals surface area contributed by atoms with Crippen LogP contribution >= 0.6 is 23.5 Å². The number of ether oxygens (including phenoxy) is 1. The van der Waals surface area contributed by atoms with Crippen molar-refractivity contribution in [2.45, 2.75) is 9.79 Å². The number of para-hydroxylation sites is 1. The quantitative estimate of drug-likeness (QED) is 0.547. The van der Waals surface area contributed by atoms with E-state index in [9.17, 15) is 14.0 Å². The SMILES string of the molecule is N#CCSc1ccccc1NC(=O)COC(=O)CSc1ccc(F)cc1. The van der Waals surface area contributed by atoms with Gasteiger partial charge in [-0.25, -0.2) is 4.39 Å². The maximum atomic E-state index is 12.8. The monoisotopic (exact) mass is 390 g/mol. The molecule has 2 rings (SSSR count). The van der Waals surface area contributed by atoms with E-state index in [0.717, 1.165) is 9.79 Å². The van der Waals surface area contributed by atoms with Crippen molar-refractivity contribution in [1.29, 1.82) is 5.26 Å². The van der Waals surface area contributed by atoms with Crippen LogP contribution in [0.15, 0.2) is 58.3 Å². The van der Waals surface area contributed by atoms with Crippen molar-refractivity contribution < 1.29 is 18.7 Å². The smallest absolute Gasteiger partial charge is 0.316 e. The first-order valence-corrected chi connectivity index (χ1v) is 9.48. The lowest BCUT2D eigenvalue weighted by Crippen LogP contribution is -2.21. The van der Waals surface area contributed by atoms with Gasteiger partial charge in [0, 0.05) is 9.79 Å². The predicted octanol–water partition coefficient (Wildman–Crippen LogP) is 3.72. The van der Waals surface area contributed by atoms with Gasteiger partial charge < -0.3 is 10.1 Å². The molecule has 2 aromatic carbocycles. The first kappa shape index (κ1) is 19.8. The zero-order valence-electron chi connectivity index (χ0n) is 13.6. The zero-order valence-corrected chi connectivity index (χ0v) is 15.2. The van der Waals surface area contributed by atoms with Gasteiger partial charge in [-0.1, -0.05) is 12.1 Å². The van der Waals surface area contributed by atoms with Crippen LogP contribution in [-0.2, 0) is 14.3 Å². The Balaban J connectivity index is 1.77. The van der Waals surface area contributed by atoms with Crippen molar-refractivity contribution >= 4 is 41.1 Å². The van der Waals surface area contributed by atoms with E-state index >= 15 is 0 Å². The number of nitrogens with zero attached hydrogens (tertiary/aromatic N) is 1. The van der Waals surface area contributed by atoms with Gasteiger partial charge in [-0.2, -0.15) is 5.26 Å². The third-order valence-electron chi connectivity index (χ3n) is 2.99. The van der Waals surface area contributed by atoms with Crippen molar-refractivity contribution in [2.24, 2.45) is 0 Å². The lowest BCUT2D eigenvalue weighted by atomic mass is 10.3. The van der Waals surface area contributed by atoms with E-state index in [4.69, 9.17) is 10.00 Å². The Morgan fingerprint density at radius 2 is 1.85 bits per heavy atom. The number of carbonyl (C=O) groups is 2. The maximum absolute atomic E-state index is 12.8. The van der Waals surface area contributed by atoms with Crippen LogP contribution in [0.3, 0.4) is 0 Å². The molecule has 0 spiro atoms. The second-order valence-electron chi connectivity index (χ2n) is 4.89. The average Bonchev–Trinajstić information content (AvgIpc) is 2.65. The number of thioether (sulfide) groups is 2. The third-order valence-corrected chi connectivity index (χ3v) is 4.91. The van der Waals surface area contributed by atoms with Crippen LogP contribution in [0.4, 0.5) is 10.1 Å². The summed E-state index contributed by atoms with van der Waals surface area (Å²) in [6.45, 7) is -0.403. The normalized spacial score (nSPS) is 10.0. The highest BCUT2D eigenvalue weighted by molar-refractivity contribution is 8.00. The molecule has 8 heteroatoms. The van der Waals surface area contributed by atoms with Crippen LogP contribution in [0.1, 0.15) is 0 Å². The van der Waals surface area contributed by atoms with Crippen molar-refractivity contribution in [3.63, 3.8) is 0 Å². The fourth-order valence-corrected chi connectivity index (χ4v) is 3.22. The highest BCUT2D eigenvalue weighted by Gasteiger charge is 2.11. The number of anilines is 1. The standard InChI is InChI=1S/C18H15FN2O3S2/c19-13-5-7-14(8-6-13)26-12-18(23)24-11-17(22)21-15-3-1-2-4-16(15)25-10-9-20/h1-8H,10-12H2,(H,21,22). The molecule has 0 bridgehead atoms. The molecule has 0 aromatic heterocycles. The Morgan fingerprint density at radius 1 is 1.12 bits per heavy atom. The second kappa shape index (κ2) is 10.5. The van der Waals surface area contributed by atoms with E-state index in [1.807, 2.05) is 12.1 Å². The maximum Gasteiger partial charge on any atom is 0.316 e. The molecule has 0 aliphatic heterocycles. The minimum atomic E-state index is -0.540. The van der Waals surface area contributed by atoms with Gasteiger partial charge in [-0.15, -0.1) is 23.5 Å². The summed E-state index contributed by atoms with van der Waals surface area (Å²) in [6.07, 6.45) is 0. The molecule has 5 nitrogen and oxygen atoms in total. The number of hydrogen-bond donors (Lipinski definition) is 1. The van der Waals surface area contributed by atoms with Crippen LogP contribution < -0.4 is 5.32 Å². The Bertz CT molecular complexity index is 807. The first-order chi connectivity index (χ1) is 12.6. The molecule has 1 amide bonds. The van der Waals surface area contributed by atoms with Crippen LogP contribution in [0.25, 0.3) is 0 Å². The molecule has 0 heterocycles. The fraction of sp³-hybridized carbons (Fsp3) is 0.167. The van der Waals surface area contributed by atoms with E-state index in [1.165, 1.54) is 35.7 Å². The number of rotatable bonds is 8. The van der Waals surface area contributed by atoms with E-state index in [1.54, 1.807) is 30.3 Å². The third kappa shape index (κ3) is 6.78. The number of nitrogens with one attached hydrogen (secondary N) is 1. The molecule has 0 saturated carbocycles. The Kier molecular flexibility index (Phi) is 7.99. The number of hydrogen-bond acceptors (Lipinski definition) is 6. The van der Waals surface area contributed by atoms with Gasteiger partial charge in [0.05, 0.1) is 23.3 Å². The summed E-state index contributed by atoms with van der Waals surface area (Å²) < 4.78 is 17.7. The van der Waals surface area contributed by atoms with Gasteiger partial charge in [0.2, 0.25) is 0 Å². The van der Waals surface area contributed by atoms with Gasteiger partial charge in [0.25, 0.3) is 5.91 Å². The number of halogens is 1. The molecule has 0 unspecified atom stereocenters. The largest absolute Gasteiger partial charge is 0.455 e. The molecular weight excluding hydrogens is 375 g/mol. The summed E-state index contributed by atoms with van der Waals surface area (Å²) in [6, 6.07) is 14.8. The first-order valence-electron chi connectivity index (χ1n) is 7.51. The highest BCUT2D eigenvalue weighted by Crippen LogP contribution is 2.26. The molecule has 0 radical (unpaired) electrons. The summed E-state index contributed by atoms with van der Waals surface area (Å²) in [5.74, 6) is -1.06. The highest BCUT2D eigenvalue weighted by atomic mass is 32.2. The van der Waals surface area contributed by atoms with Crippen molar-refractivity contribution in [1.82, 2.24) is 0 Å². The fourth-order valence-electron chi connectivity index (χ4n) is 1.85. The van der Waals surface area contributed by atoms with E-state index < -0.39 is 18.5 Å². The lowest BCUT2D eigenvalue weighted by Gasteiger charge is -2.10. The topological polar surface area (TPSA) is 79.2 Å². The molecular formula is C18H15FN2O3S2. The van der Waals surface area contributed by atoms with Crippen LogP contribution in [0, 0.1) is 17.1 Å². The van der Waals surface area contributed by atoms with Gasteiger partial charge in [0.15, 0.2) is 6.61 Å². The predicted molar refractivity (Wildman–Crippen MR) is 99.5 cm³/mol. The lowest BCUT2D eigenvalue weighted by molar-refractivity contribution is -0.144. The molecule has 1 N–H and O–H groups in total. The molecule has 0 saturated heterocycles. The van der Waals surface area contributed by atoms with Crippen LogP contribution in [0.2, 0.25) is 0 Å². The zero-order chi connectivity index (χ0) is 18.8. The van der Waals surface area contributed by atoms with Crippen LogP contribution in [-0.4, -0.2) is 30.0 Å². The summed E-state index contributed by atoms with van der Waals surface area (Å²) in [7, 11) is 0. The number of esters is 1. The van der Waals surface area contributed by atoms with E-state index in [-0.39, 0.29) is 17.3 Å². The van der Waals surface area contributed by atoms with Gasteiger partial charge in [-0.3, -0.25) is 9.59 Å². The molecule has 134 valence electrons. The number of nitriles is 1. The molecule has 0 aliphatic rings. The van der Waals surface area contributed by atoms with Crippen LogP contribution in [0.5, 0.6) is 0 Å². The van der Waals surface area contributed by atoms with Crippen molar-refractivity contribution in [2.75, 3.05) is 23.4 Å². The molecule has 0 aliphatic carbocycles. The van der Waals surface area contributed by atoms with Gasteiger partial charge >= 0.3 is 5.97 Å². The van der Waals surface area contributed by atoms with Crippen molar-refractivity contribution in [3.8, 4) is 6.07 Å². The average molecular weight is 390 g/mol. The van der Waals surface area contributed by atoms with Crippen molar-refractivity contribution in [3.05, 3.63) is 54.3 Å². The summed E-state index contributed by atoms with van der Waals surface area (Å²) in [5.41, 5.74) is 0.564. The Morgan fingerprint density at radius 3 is 2.58 bits per heavy atom. The molecule has 0 fully saturated rings.